The monoisotopic (exact) mass is 236 g/mol. The second-order valence-corrected chi connectivity index (χ2v) is 5.33. The van der Waals surface area contributed by atoms with Crippen LogP contribution in [0.25, 0.3) is 0 Å². The molecule has 0 radical (unpaired) electrons. The topological polar surface area (TPSA) is 20.2 Å². The predicted octanol–water partition coefficient (Wildman–Crippen LogP) is 3.52. The molecule has 4 heteroatoms. The molecule has 2 rings (SSSR count). The maximum Gasteiger partial charge on any atom is 0.391 e. The van der Waals surface area contributed by atoms with E-state index < -0.39 is 12.1 Å². The van der Waals surface area contributed by atoms with E-state index in [-0.39, 0.29) is 24.9 Å². The largest absolute Gasteiger partial charge is 0.393 e. The first-order chi connectivity index (χ1) is 7.48. The first-order valence-electron chi connectivity index (χ1n) is 6.23. The molecule has 0 spiro atoms. The molecule has 0 bridgehead atoms. The molecule has 1 nitrogen and oxygen atoms in total. The smallest absolute Gasteiger partial charge is 0.391 e. The zero-order chi connectivity index (χ0) is 11.8. The number of hydrogen-bond acceptors (Lipinski definition) is 1. The quantitative estimate of drug-likeness (QED) is 0.777. The van der Waals surface area contributed by atoms with Gasteiger partial charge in [-0.15, -0.1) is 0 Å². The average Bonchev–Trinajstić information content (AvgIpc) is 2.14. The summed E-state index contributed by atoms with van der Waals surface area (Å²) in [5.41, 5.74) is 0. The molecule has 0 aromatic heterocycles. The SMILES string of the molecule is OC(C1CCC1)C1CCC(C(F)(F)F)CC1. The van der Waals surface area contributed by atoms with Gasteiger partial charge in [0.25, 0.3) is 0 Å². The van der Waals surface area contributed by atoms with Gasteiger partial charge in [-0.05, 0) is 50.4 Å². The van der Waals surface area contributed by atoms with Gasteiger partial charge in [0.1, 0.15) is 0 Å². The maximum atomic E-state index is 12.4. The van der Waals surface area contributed by atoms with E-state index in [0.29, 0.717) is 18.8 Å². The Bertz CT molecular complexity index is 227. The first kappa shape index (κ1) is 12.2. The number of aliphatic hydroxyl groups excluding tert-OH is 1. The highest BCUT2D eigenvalue weighted by Gasteiger charge is 2.43. The molecule has 0 aromatic rings. The Labute approximate surface area is 94.0 Å². The molecule has 2 aliphatic carbocycles. The lowest BCUT2D eigenvalue weighted by atomic mass is 9.71. The normalized spacial score (nSPS) is 34.5. The second kappa shape index (κ2) is 4.55. The fourth-order valence-electron chi connectivity index (χ4n) is 2.95. The maximum absolute atomic E-state index is 12.4. The second-order valence-electron chi connectivity index (χ2n) is 5.33. The lowest BCUT2D eigenvalue weighted by molar-refractivity contribution is -0.186. The van der Waals surface area contributed by atoms with Crippen molar-refractivity contribution in [1.29, 1.82) is 0 Å². The molecule has 1 N–H and O–H groups in total. The van der Waals surface area contributed by atoms with Crippen LogP contribution >= 0.6 is 0 Å². The van der Waals surface area contributed by atoms with Gasteiger partial charge in [-0.3, -0.25) is 0 Å². The summed E-state index contributed by atoms with van der Waals surface area (Å²) in [4.78, 5) is 0. The summed E-state index contributed by atoms with van der Waals surface area (Å²) in [6, 6.07) is 0. The lowest BCUT2D eigenvalue weighted by Crippen LogP contribution is -2.37. The van der Waals surface area contributed by atoms with E-state index in [9.17, 15) is 18.3 Å². The van der Waals surface area contributed by atoms with E-state index in [1.807, 2.05) is 0 Å². The van der Waals surface area contributed by atoms with E-state index >= 15 is 0 Å². The summed E-state index contributed by atoms with van der Waals surface area (Å²) < 4.78 is 37.3. The highest BCUT2D eigenvalue weighted by molar-refractivity contribution is 4.86. The predicted molar refractivity (Wildman–Crippen MR) is 54.9 cm³/mol. The van der Waals surface area contributed by atoms with Crippen LogP contribution in [0, 0.1) is 17.8 Å². The van der Waals surface area contributed by atoms with Gasteiger partial charge >= 0.3 is 6.18 Å². The molecule has 16 heavy (non-hydrogen) atoms. The fraction of sp³-hybridized carbons (Fsp3) is 1.00. The zero-order valence-electron chi connectivity index (χ0n) is 9.34. The van der Waals surface area contributed by atoms with Crippen molar-refractivity contribution >= 4 is 0 Å². The molecule has 0 amide bonds. The summed E-state index contributed by atoms with van der Waals surface area (Å²) in [6.45, 7) is 0. The Balaban J connectivity index is 1.80. The standard InChI is InChI=1S/C12H19F3O/c13-12(14,15)10-6-4-9(5-7-10)11(16)8-2-1-3-8/h8-11,16H,1-7H2. The number of aliphatic hydroxyl groups is 1. The Morgan fingerprint density at radius 2 is 1.38 bits per heavy atom. The molecule has 0 aliphatic heterocycles. The van der Waals surface area contributed by atoms with Gasteiger partial charge in [0, 0.05) is 0 Å². The molecule has 2 aliphatic rings. The molecular weight excluding hydrogens is 217 g/mol. The van der Waals surface area contributed by atoms with Crippen LogP contribution in [0.15, 0.2) is 0 Å². The van der Waals surface area contributed by atoms with Crippen LogP contribution in [0.5, 0.6) is 0 Å². The van der Waals surface area contributed by atoms with Crippen molar-refractivity contribution in [2.45, 2.75) is 57.2 Å². The van der Waals surface area contributed by atoms with Crippen molar-refractivity contribution in [3.63, 3.8) is 0 Å². The number of halogens is 3. The third-order valence-electron chi connectivity index (χ3n) is 4.35. The molecule has 2 fully saturated rings. The molecular formula is C12H19F3O. The van der Waals surface area contributed by atoms with Gasteiger partial charge < -0.3 is 5.11 Å². The third-order valence-corrected chi connectivity index (χ3v) is 4.35. The molecule has 0 aromatic carbocycles. The number of rotatable bonds is 2. The van der Waals surface area contributed by atoms with Crippen LogP contribution in [-0.2, 0) is 0 Å². The van der Waals surface area contributed by atoms with E-state index in [2.05, 4.69) is 0 Å². The minimum Gasteiger partial charge on any atom is -0.393 e. The minimum atomic E-state index is -4.04. The Morgan fingerprint density at radius 1 is 0.875 bits per heavy atom. The van der Waals surface area contributed by atoms with Gasteiger partial charge in [-0.2, -0.15) is 13.2 Å². The van der Waals surface area contributed by atoms with Crippen molar-refractivity contribution in [3.05, 3.63) is 0 Å². The van der Waals surface area contributed by atoms with Crippen molar-refractivity contribution in [1.82, 2.24) is 0 Å². The van der Waals surface area contributed by atoms with E-state index in [4.69, 9.17) is 0 Å². The molecule has 1 unspecified atom stereocenters. The van der Waals surface area contributed by atoms with Gasteiger partial charge in [-0.25, -0.2) is 0 Å². The van der Waals surface area contributed by atoms with E-state index in [0.717, 1.165) is 12.8 Å². The van der Waals surface area contributed by atoms with Crippen molar-refractivity contribution < 1.29 is 18.3 Å². The third kappa shape index (κ3) is 2.53. The van der Waals surface area contributed by atoms with Gasteiger partial charge in [0.15, 0.2) is 0 Å². The van der Waals surface area contributed by atoms with Crippen molar-refractivity contribution in [2.75, 3.05) is 0 Å². The molecule has 0 saturated heterocycles. The molecule has 94 valence electrons. The van der Waals surface area contributed by atoms with Gasteiger partial charge in [0.2, 0.25) is 0 Å². The van der Waals surface area contributed by atoms with Crippen molar-refractivity contribution in [3.8, 4) is 0 Å². The summed E-state index contributed by atoms with van der Waals surface area (Å²) in [5, 5.41) is 10.0. The summed E-state index contributed by atoms with van der Waals surface area (Å²) >= 11 is 0. The van der Waals surface area contributed by atoms with E-state index in [1.54, 1.807) is 0 Å². The van der Waals surface area contributed by atoms with Gasteiger partial charge in [-0.1, -0.05) is 6.42 Å². The van der Waals surface area contributed by atoms with E-state index in [1.165, 1.54) is 6.42 Å². The lowest BCUT2D eigenvalue weighted by Gasteiger charge is -2.38. The number of alkyl halides is 3. The molecule has 2 saturated carbocycles. The van der Waals surface area contributed by atoms with Crippen LogP contribution in [0.1, 0.15) is 44.9 Å². The Hall–Kier alpha value is -0.250. The Kier molecular flexibility index (Phi) is 3.48. The van der Waals surface area contributed by atoms with Crippen LogP contribution in [0.3, 0.4) is 0 Å². The highest BCUT2D eigenvalue weighted by Crippen LogP contribution is 2.43. The first-order valence-corrected chi connectivity index (χ1v) is 6.23. The Morgan fingerprint density at radius 3 is 1.75 bits per heavy atom. The van der Waals surface area contributed by atoms with Crippen LogP contribution in [0.4, 0.5) is 13.2 Å². The molecule has 0 heterocycles. The number of hydrogen-bond donors (Lipinski definition) is 1. The van der Waals surface area contributed by atoms with Crippen LogP contribution in [0.2, 0.25) is 0 Å². The van der Waals surface area contributed by atoms with Crippen LogP contribution in [-0.4, -0.2) is 17.4 Å². The summed E-state index contributed by atoms with van der Waals surface area (Å²) in [7, 11) is 0. The highest BCUT2D eigenvalue weighted by atomic mass is 19.4. The van der Waals surface area contributed by atoms with Gasteiger partial charge in [0.05, 0.1) is 12.0 Å². The minimum absolute atomic E-state index is 0.115. The van der Waals surface area contributed by atoms with Crippen LogP contribution < -0.4 is 0 Å². The summed E-state index contributed by atoms with van der Waals surface area (Å²) in [5.74, 6) is -0.645. The average molecular weight is 236 g/mol. The van der Waals surface area contributed by atoms with Crippen molar-refractivity contribution in [2.24, 2.45) is 17.8 Å². The zero-order valence-corrected chi connectivity index (χ0v) is 9.34. The molecule has 1 atom stereocenters. The fourth-order valence-corrected chi connectivity index (χ4v) is 2.95. The summed E-state index contributed by atoms with van der Waals surface area (Å²) in [6.07, 6.45) is 0.398.